The van der Waals surface area contributed by atoms with Crippen LogP contribution in [0.1, 0.15) is 17.3 Å². The number of rotatable bonds is 5. The van der Waals surface area contributed by atoms with E-state index in [1.165, 1.54) is 26.2 Å². The Bertz CT molecular complexity index is 540. The van der Waals surface area contributed by atoms with Crippen LogP contribution in [0.15, 0.2) is 18.2 Å². The van der Waals surface area contributed by atoms with Crippen LogP contribution in [0.5, 0.6) is 0 Å². The Hall–Kier alpha value is -2.13. The van der Waals surface area contributed by atoms with Crippen molar-refractivity contribution in [2.24, 2.45) is 0 Å². The van der Waals surface area contributed by atoms with Gasteiger partial charge in [0.1, 0.15) is 11.4 Å². The third-order valence-corrected chi connectivity index (χ3v) is 2.78. The molecule has 0 aliphatic rings. The third kappa shape index (κ3) is 3.68. The second-order valence-corrected chi connectivity index (χ2v) is 4.89. The first-order valence-corrected chi connectivity index (χ1v) is 6.02. The molecule has 0 heterocycles. The Morgan fingerprint density at radius 2 is 2.20 bits per heavy atom. The van der Waals surface area contributed by atoms with Crippen LogP contribution in [0.4, 0.5) is 10.1 Å². The first kappa shape index (κ1) is 15.9. The van der Waals surface area contributed by atoms with Gasteiger partial charge >= 0.3 is 0 Å². The number of halogens is 1. The summed E-state index contributed by atoms with van der Waals surface area (Å²) in [7, 11) is 4.98. The van der Waals surface area contributed by atoms with Crippen molar-refractivity contribution in [3.63, 3.8) is 0 Å². The summed E-state index contributed by atoms with van der Waals surface area (Å²) < 4.78 is 18.8. The summed E-state index contributed by atoms with van der Waals surface area (Å²) in [6.07, 6.45) is 0. The predicted molar refractivity (Wildman–Crippen MR) is 74.1 cm³/mol. The van der Waals surface area contributed by atoms with Gasteiger partial charge in [-0.3, -0.25) is 4.79 Å². The van der Waals surface area contributed by atoms with E-state index in [-0.39, 0.29) is 12.2 Å². The lowest BCUT2D eigenvalue weighted by Crippen LogP contribution is -2.48. The van der Waals surface area contributed by atoms with E-state index in [9.17, 15) is 9.18 Å². The lowest BCUT2D eigenvalue weighted by molar-refractivity contribution is 0.0856. The molecule has 108 valence electrons. The second-order valence-electron chi connectivity index (χ2n) is 4.89. The van der Waals surface area contributed by atoms with E-state index in [1.54, 1.807) is 25.1 Å². The molecule has 0 bridgehead atoms. The lowest BCUT2D eigenvalue weighted by Gasteiger charge is -2.22. The number of hydrogen-bond donors (Lipinski definition) is 1. The first-order chi connectivity index (χ1) is 9.33. The van der Waals surface area contributed by atoms with Crippen molar-refractivity contribution >= 4 is 11.6 Å². The normalized spacial score (nSPS) is 13.2. The van der Waals surface area contributed by atoms with Crippen LogP contribution in [0.3, 0.4) is 0 Å². The van der Waals surface area contributed by atoms with E-state index in [4.69, 9.17) is 10.00 Å². The van der Waals surface area contributed by atoms with Gasteiger partial charge in [-0.1, -0.05) is 0 Å². The molecule has 20 heavy (non-hydrogen) atoms. The van der Waals surface area contributed by atoms with Gasteiger partial charge < -0.3 is 15.0 Å². The minimum Gasteiger partial charge on any atom is -0.381 e. The third-order valence-electron chi connectivity index (χ3n) is 2.78. The van der Waals surface area contributed by atoms with Gasteiger partial charge in [0.25, 0.3) is 5.91 Å². The van der Waals surface area contributed by atoms with Crippen molar-refractivity contribution in [3.8, 4) is 6.07 Å². The smallest absolute Gasteiger partial charge is 0.255 e. The summed E-state index contributed by atoms with van der Waals surface area (Å²) in [5.74, 6) is -1.28. The van der Waals surface area contributed by atoms with E-state index in [2.05, 4.69) is 5.32 Å². The molecule has 0 radical (unpaired) electrons. The summed E-state index contributed by atoms with van der Waals surface area (Å²) >= 11 is 0. The Balaban J connectivity index is 2.96. The Labute approximate surface area is 117 Å². The van der Waals surface area contributed by atoms with Crippen LogP contribution in [0, 0.1) is 17.1 Å². The maximum Gasteiger partial charge on any atom is 0.255 e. The topological polar surface area (TPSA) is 65.4 Å². The average Bonchev–Trinajstić information content (AvgIpc) is 2.38. The van der Waals surface area contributed by atoms with Gasteiger partial charge in [-0.05, 0) is 25.1 Å². The van der Waals surface area contributed by atoms with Crippen molar-refractivity contribution in [1.29, 1.82) is 5.26 Å². The maximum atomic E-state index is 13.9. The molecule has 1 amide bonds. The number of nitrogens with zero attached hydrogens (tertiary/aromatic N) is 2. The highest BCUT2D eigenvalue weighted by Crippen LogP contribution is 2.17. The lowest BCUT2D eigenvalue weighted by atomic mass is 10.0. The molecule has 1 aromatic rings. The molecule has 1 rings (SSSR count). The number of hydrogen-bond acceptors (Lipinski definition) is 4. The van der Waals surface area contributed by atoms with Gasteiger partial charge in [0, 0.05) is 26.9 Å². The molecule has 5 nitrogen and oxygen atoms in total. The summed E-state index contributed by atoms with van der Waals surface area (Å²) in [5.41, 5.74) is -0.648. The molecular weight excluding hydrogens is 261 g/mol. The Morgan fingerprint density at radius 3 is 2.65 bits per heavy atom. The van der Waals surface area contributed by atoms with Crippen molar-refractivity contribution in [2.45, 2.75) is 12.5 Å². The average molecular weight is 279 g/mol. The molecule has 0 unspecified atom stereocenters. The van der Waals surface area contributed by atoms with E-state index in [1.807, 2.05) is 6.07 Å². The molecule has 1 atom stereocenters. The van der Waals surface area contributed by atoms with Gasteiger partial charge in [0.05, 0.1) is 18.2 Å². The molecule has 0 aliphatic carbocycles. The highest BCUT2D eigenvalue weighted by Gasteiger charge is 2.27. The molecule has 1 aromatic carbocycles. The van der Waals surface area contributed by atoms with Crippen molar-refractivity contribution in [2.75, 3.05) is 32.7 Å². The number of nitrogens with one attached hydrogen (secondary N) is 1. The zero-order valence-corrected chi connectivity index (χ0v) is 12.0. The van der Waals surface area contributed by atoms with E-state index in [0.29, 0.717) is 5.69 Å². The van der Waals surface area contributed by atoms with Crippen LogP contribution in [0.25, 0.3) is 0 Å². The fourth-order valence-corrected chi connectivity index (χ4v) is 1.67. The highest BCUT2D eigenvalue weighted by molar-refractivity contribution is 5.95. The van der Waals surface area contributed by atoms with Crippen LogP contribution in [-0.2, 0) is 4.74 Å². The van der Waals surface area contributed by atoms with Crippen LogP contribution >= 0.6 is 0 Å². The number of methoxy groups -OCH3 is 1. The van der Waals surface area contributed by atoms with Gasteiger partial charge in [0.15, 0.2) is 0 Å². The number of anilines is 1. The molecule has 1 N–H and O–H groups in total. The number of carbonyl (C=O) groups is 1. The Kier molecular flexibility index (Phi) is 5.06. The molecule has 0 aromatic heterocycles. The zero-order chi connectivity index (χ0) is 15.3. The van der Waals surface area contributed by atoms with Crippen LogP contribution < -0.4 is 10.2 Å². The Morgan fingerprint density at radius 1 is 1.55 bits per heavy atom. The number of benzene rings is 1. The molecule has 6 heteroatoms. The van der Waals surface area contributed by atoms with Crippen molar-refractivity contribution < 1.29 is 13.9 Å². The number of nitriles is 1. The van der Waals surface area contributed by atoms with Crippen LogP contribution in [-0.4, -0.2) is 39.3 Å². The van der Waals surface area contributed by atoms with Gasteiger partial charge in [0.2, 0.25) is 0 Å². The van der Waals surface area contributed by atoms with Gasteiger partial charge in [-0.2, -0.15) is 5.26 Å². The fourth-order valence-electron chi connectivity index (χ4n) is 1.67. The highest BCUT2D eigenvalue weighted by atomic mass is 19.1. The first-order valence-electron chi connectivity index (χ1n) is 6.02. The molecule has 0 spiro atoms. The van der Waals surface area contributed by atoms with Crippen LogP contribution in [0.2, 0.25) is 0 Å². The zero-order valence-electron chi connectivity index (χ0n) is 12.0. The SMILES string of the molecule is COC[C@@](C)(C#N)NC(=O)c1ccc(N(C)C)cc1F. The minimum atomic E-state index is -1.20. The maximum absolute atomic E-state index is 13.9. The summed E-state index contributed by atoms with van der Waals surface area (Å²) in [5, 5.41) is 11.5. The molecule has 0 saturated carbocycles. The van der Waals surface area contributed by atoms with E-state index >= 15 is 0 Å². The molecular formula is C14H18FN3O2. The minimum absolute atomic E-state index is 0.0205. The standard InChI is InChI=1S/C14H18FN3O2/c1-14(8-16,9-20-4)17-13(19)11-6-5-10(18(2)3)7-12(11)15/h5-7H,9H2,1-4H3,(H,17,19)/t14-/m1/s1. The monoisotopic (exact) mass is 279 g/mol. The predicted octanol–water partition coefficient (Wildman–Crippen LogP) is 1.55. The second kappa shape index (κ2) is 6.35. The summed E-state index contributed by atoms with van der Waals surface area (Å²) in [6.45, 7) is 1.53. The number of carbonyl (C=O) groups excluding carboxylic acids is 1. The quantitative estimate of drug-likeness (QED) is 0.888. The van der Waals surface area contributed by atoms with Gasteiger partial charge in [-0.15, -0.1) is 0 Å². The van der Waals surface area contributed by atoms with Crippen molar-refractivity contribution in [3.05, 3.63) is 29.6 Å². The summed E-state index contributed by atoms with van der Waals surface area (Å²) in [4.78, 5) is 13.8. The molecule has 0 fully saturated rings. The van der Waals surface area contributed by atoms with Crippen molar-refractivity contribution in [1.82, 2.24) is 5.32 Å². The molecule has 0 aliphatic heterocycles. The van der Waals surface area contributed by atoms with E-state index < -0.39 is 17.3 Å². The number of ether oxygens (including phenoxy) is 1. The summed E-state index contributed by atoms with van der Waals surface area (Å²) in [6, 6.07) is 6.24. The number of amides is 1. The largest absolute Gasteiger partial charge is 0.381 e. The molecule has 0 saturated heterocycles. The fraction of sp³-hybridized carbons (Fsp3) is 0.429. The van der Waals surface area contributed by atoms with Gasteiger partial charge in [-0.25, -0.2) is 4.39 Å². The van der Waals surface area contributed by atoms with E-state index in [0.717, 1.165) is 0 Å².